The predicted octanol–water partition coefficient (Wildman–Crippen LogP) is 10.9. The van der Waals surface area contributed by atoms with E-state index in [0.717, 1.165) is 39.2 Å². The zero-order valence-corrected chi connectivity index (χ0v) is 24.3. The third-order valence-corrected chi connectivity index (χ3v) is 9.32. The van der Waals surface area contributed by atoms with Gasteiger partial charge >= 0.3 is 0 Å². The Morgan fingerprint density at radius 3 is 1.84 bits per heavy atom. The SMILES string of the molecule is c1ccc(-c2nc(-c3ccccc3)c3cc(-n4c5cccc6c5c5c7c(cccc7ccc54)-c4ccccc4-6)ccc3n2)cc1. The monoisotopic (exact) mass is 571 g/mol. The van der Waals surface area contributed by atoms with Crippen molar-refractivity contribution < 1.29 is 0 Å². The molecule has 0 unspecified atom stereocenters. The maximum atomic E-state index is 5.17. The Morgan fingerprint density at radius 1 is 0.422 bits per heavy atom. The molecule has 0 fully saturated rings. The Hall–Kier alpha value is -6.06. The van der Waals surface area contributed by atoms with Gasteiger partial charge in [-0.2, -0.15) is 0 Å². The van der Waals surface area contributed by atoms with Gasteiger partial charge in [-0.15, -0.1) is 0 Å². The first-order valence-corrected chi connectivity index (χ1v) is 15.4. The topological polar surface area (TPSA) is 30.7 Å². The molecule has 2 heterocycles. The van der Waals surface area contributed by atoms with Crippen LogP contribution in [-0.4, -0.2) is 14.5 Å². The molecule has 0 atom stereocenters. The molecule has 0 radical (unpaired) electrons. The van der Waals surface area contributed by atoms with Crippen LogP contribution in [0.2, 0.25) is 0 Å². The predicted molar refractivity (Wildman–Crippen MR) is 187 cm³/mol. The molecule has 0 N–H and O–H groups in total. The van der Waals surface area contributed by atoms with Gasteiger partial charge in [0.2, 0.25) is 0 Å². The summed E-state index contributed by atoms with van der Waals surface area (Å²) in [6.07, 6.45) is 0. The van der Waals surface area contributed by atoms with E-state index in [0.29, 0.717) is 0 Å². The average Bonchev–Trinajstić information content (AvgIpc) is 3.40. The van der Waals surface area contributed by atoms with E-state index in [4.69, 9.17) is 9.97 Å². The summed E-state index contributed by atoms with van der Waals surface area (Å²) in [7, 11) is 0. The molecule has 0 aliphatic heterocycles. The average molecular weight is 572 g/mol. The Labute approximate surface area is 259 Å². The molecule has 0 amide bonds. The molecule has 3 heteroatoms. The van der Waals surface area contributed by atoms with Gasteiger partial charge in [-0.05, 0) is 63.4 Å². The van der Waals surface area contributed by atoms with Crippen molar-refractivity contribution in [2.75, 3.05) is 0 Å². The Kier molecular flexibility index (Phi) is 5.00. The summed E-state index contributed by atoms with van der Waals surface area (Å²) in [6.45, 7) is 0. The first-order chi connectivity index (χ1) is 22.3. The molecule has 0 saturated heterocycles. The number of rotatable bonds is 3. The van der Waals surface area contributed by atoms with Crippen molar-refractivity contribution in [3.8, 4) is 50.6 Å². The minimum absolute atomic E-state index is 0.732. The van der Waals surface area contributed by atoms with Gasteiger partial charge in [0.25, 0.3) is 0 Å². The standard InChI is InChI=1S/C42H25N3/c1-3-11-27(12-4-1)41-34-25-29(22-23-35(34)43-42(44-41)28-13-5-2-6-14-28)45-36-20-10-19-33-31-17-8-7-16-30(31)32-18-9-15-26-21-24-37(45)40(38(26)32)39(33)36/h1-25H. The first-order valence-electron chi connectivity index (χ1n) is 15.4. The summed E-state index contributed by atoms with van der Waals surface area (Å²) >= 11 is 0. The number of fused-ring (bicyclic) bond motifs is 4. The highest BCUT2D eigenvalue weighted by molar-refractivity contribution is 6.30. The molecule has 0 saturated carbocycles. The van der Waals surface area contributed by atoms with Crippen molar-refractivity contribution in [2.24, 2.45) is 0 Å². The highest BCUT2D eigenvalue weighted by atomic mass is 15.0. The molecule has 7 aromatic carbocycles. The lowest BCUT2D eigenvalue weighted by molar-refractivity contribution is 1.18. The van der Waals surface area contributed by atoms with E-state index in [1.807, 2.05) is 24.3 Å². The van der Waals surface area contributed by atoms with E-state index in [2.05, 4.69) is 132 Å². The number of hydrogen-bond acceptors (Lipinski definition) is 2. The van der Waals surface area contributed by atoms with Crippen LogP contribution in [0.1, 0.15) is 0 Å². The van der Waals surface area contributed by atoms with Crippen LogP contribution in [0.5, 0.6) is 0 Å². The quantitative estimate of drug-likeness (QED) is 0.211. The van der Waals surface area contributed by atoms with Gasteiger partial charge in [-0.1, -0.05) is 121 Å². The maximum Gasteiger partial charge on any atom is 0.160 e. The summed E-state index contributed by atoms with van der Waals surface area (Å²) in [6, 6.07) is 54.2. The summed E-state index contributed by atoms with van der Waals surface area (Å²) in [5, 5.41) is 6.22. The fourth-order valence-corrected chi connectivity index (χ4v) is 7.39. The van der Waals surface area contributed by atoms with Crippen molar-refractivity contribution in [3.63, 3.8) is 0 Å². The van der Waals surface area contributed by atoms with Gasteiger partial charge < -0.3 is 4.57 Å². The number of aromatic nitrogens is 3. The van der Waals surface area contributed by atoms with Gasteiger partial charge in [0.15, 0.2) is 5.82 Å². The van der Waals surface area contributed by atoms with Crippen LogP contribution < -0.4 is 0 Å². The second kappa shape index (κ2) is 9.22. The minimum atomic E-state index is 0.732. The fourth-order valence-electron chi connectivity index (χ4n) is 7.39. The van der Waals surface area contributed by atoms with Crippen molar-refractivity contribution in [1.29, 1.82) is 0 Å². The maximum absolute atomic E-state index is 5.17. The number of nitrogens with zero attached hydrogens (tertiary/aromatic N) is 3. The zero-order chi connectivity index (χ0) is 29.5. The van der Waals surface area contributed by atoms with Crippen LogP contribution >= 0.6 is 0 Å². The van der Waals surface area contributed by atoms with E-state index >= 15 is 0 Å². The van der Waals surface area contributed by atoms with Crippen LogP contribution in [0, 0.1) is 0 Å². The number of hydrogen-bond donors (Lipinski definition) is 0. The van der Waals surface area contributed by atoms with E-state index in [1.165, 1.54) is 54.8 Å². The lowest BCUT2D eigenvalue weighted by Crippen LogP contribution is -1.98. The first kappa shape index (κ1) is 24.4. The van der Waals surface area contributed by atoms with Crippen LogP contribution in [0.3, 0.4) is 0 Å². The normalized spacial score (nSPS) is 12.0. The minimum Gasteiger partial charge on any atom is -0.309 e. The molecule has 0 spiro atoms. The smallest absolute Gasteiger partial charge is 0.160 e. The zero-order valence-electron chi connectivity index (χ0n) is 24.3. The highest BCUT2D eigenvalue weighted by Crippen LogP contribution is 2.49. The van der Waals surface area contributed by atoms with Crippen molar-refractivity contribution >= 4 is 43.5 Å². The van der Waals surface area contributed by atoms with Gasteiger partial charge in [0.1, 0.15) is 0 Å². The Morgan fingerprint density at radius 2 is 1.07 bits per heavy atom. The van der Waals surface area contributed by atoms with Crippen molar-refractivity contribution in [1.82, 2.24) is 14.5 Å². The molecule has 208 valence electrons. The van der Waals surface area contributed by atoms with Crippen LogP contribution in [0.4, 0.5) is 0 Å². The van der Waals surface area contributed by atoms with E-state index in [1.54, 1.807) is 0 Å². The van der Waals surface area contributed by atoms with Gasteiger partial charge in [0.05, 0.1) is 22.2 Å². The van der Waals surface area contributed by atoms with E-state index in [-0.39, 0.29) is 0 Å². The van der Waals surface area contributed by atoms with Gasteiger partial charge in [-0.25, -0.2) is 9.97 Å². The molecule has 1 aliphatic rings. The molecule has 1 aliphatic carbocycles. The Balaban J connectivity index is 1.31. The third-order valence-electron chi connectivity index (χ3n) is 9.32. The van der Waals surface area contributed by atoms with Crippen molar-refractivity contribution in [3.05, 3.63) is 152 Å². The lowest BCUT2D eigenvalue weighted by atomic mass is 9.93. The summed E-state index contributed by atoms with van der Waals surface area (Å²) in [4.78, 5) is 10.2. The van der Waals surface area contributed by atoms with Gasteiger partial charge in [0, 0.05) is 33.0 Å². The Bertz CT molecular complexity index is 2630. The molecular formula is C42H25N3. The lowest BCUT2D eigenvalue weighted by Gasteiger charge is -2.15. The molecule has 3 nitrogen and oxygen atoms in total. The second-order valence-corrected chi connectivity index (χ2v) is 11.8. The molecule has 10 rings (SSSR count). The highest BCUT2D eigenvalue weighted by Gasteiger charge is 2.24. The van der Waals surface area contributed by atoms with Gasteiger partial charge in [-0.3, -0.25) is 0 Å². The summed E-state index contributed by atoms with van der Waals surface area (Å²) in [5.74, 6) is 0.732. The molecule has 0 bridgehead atoms. The van der Waals surface area contributed by atoms with Crippen molar-refractivity contribution in [2.45, 2.75) is 0 Å². The van der Waals surface area contributed by atoms with E-state index < -0.39 is 0 Å². The van der Waals surface area contributed by atoms with Crippen LogP contribution in [0.25, 0.3) is 94.1 Å². The van der Waals surface area contributed by atoms with Crippen LogP contribution in [0.15, 0.2) is 152 Å². The largest absolute Gasteiger partial charge is 0.309 e. The number of benzene rings is 7. The van der Waals surface area contributed by atoms with E-state index in [9.17, 15) is 0 Å². The second-order valence-electron chi connectivity index (χ2n) is 11.8. The molecule has 45 heavy (non-hydrogen) atoms. The molecule has 2 aromatic heterocycles. The molecular weight excluding hydrogens is 546 g/mol. The third kappa shape index (κ3) is 3.46. The summed E-state index contributed by atoms with van der Waals surface area (Å²) in [5.41, 5.74) is 12.6. The molecule has 9 aromatic rings. The van der Waals surface area contributed by atoms with Crippen LogP contribution in [-0.2, 0) is 0 Å². The fraction of sp³-hybridized carbons (Fsp3) is 0. The summed E-state index contributed by atoms with van der Waals surface area (Å²) < 4.78 is 2.43.